The van der Waals surface area contributed by atoms with Crippen LogP contribution in [0, 0.1) is 31.6 Å². The summed E-state index contributed by atoms with van der Waals surface area (Å²) in [4.78, 5) is 27.7. The Morgan fingerprint density at radius 2 is 0.965 bits per heavy atom. The highest BCUT2D eigenvalue weighted by Crippen LogP contribution is 2.47. The molecule has 9 atom stereocenters. The summed E-state index contributed by atoms with van der Waals surface area (Å²) in [5, 5.41) is 2.50. The van der Waals surface area contributed by atoms with Gasteiger partial charge in [-0.3, -0.25) is 0 Å². The van der Waals surface area contributed by atoms with Gasteiger partial charge in [-0.25, -0.2) is 9.59 Å². The number of ether oxygens (including phenoxy) is 10. The minimum absolute atomic E-state index is 0.0392. The monoisotopic (exact) mass is 1800 g/mol. The van der Waals surface area contributed by atoms with Gasteiger partial charge in [-0.1, -0.05) is 267 Å². The molecule has 4 aliphatic heterocycles. The minimum Gasteiger partial charge on any atom is -0.462 e. The Morgan fingerprint density at radius 1 is 0.539 bits per heavy atom. The number of alkyl halides is 1. The van der Waals surface area contributed by atoms with Crippen LogP contribution in [0.5, 0.6) is 23.0 Å². The van der Waals surface area contributed by atoms with Gasteiger partial charge in [0.25, 0.3) is 8.32 Å². The molecule has 2 saturated heterocycles. The van der Waals surface area contributed by atoms with Crippen LogP contribution in [0.15, 0.2) is 138 Å². The second-order valence-corrected chi connectivity index (χ2v) is 66.4. The molecule has 9 rings (SSSR count). The van der Waals surface area contributed by atoms with E-state index in [4.69, 9.17) is 60.6 Å². The van der Waals surface area contributed by atoms with Gasteiger partial charge >= 0.3 is 11.9 Å². The molecule has 115 heavy (non-hydrogen) atoms. The van der Waals surface area contributed by atoms with Gasteiger partial charge < -0.3 is 60.6 Å². The van der Waals surface area contributed by atoms with Crippen LogP contribution >= 0.6 is 34.4 Å². The number of benzene rings is 5. The highest BCUT2D eigenvalue weighted by Gasteiger charge is 2.53. The van der Waals surface area contributed by atoms with Crippen LogP contribution in [-0.4, -0.2) is 139 Å². The van der Waals surface area contributed by atoms with Gasteiger partial charge in [0.2, 0.25) is 13.6 Å². The topological polar surface area (TPSA) is 154 Å². The first-order valence-electron chi connectivity index (χ1n) is 41.6. The number of allylic oxidation sites excluding steroid dienone is 1. The molecule has 15 nitrogen and oxygen atoms in total. The number of aryl methyl sites for hydroxylation is 2. The molecule has 638 valence electrons. The van der Waals surface area contributed by atoms with Crippen molar-refractivity contribution in [3.63, 3.8) is 0 Å². The Kier molecular flexibility index (Phi) is 34.6. The van der Waals surface area contributed by atoms with E-state index in [2.05, 4.69) is 282 Å². The molecule has 5 aromatic rings. The summed E-state index contributed by atoms with van der Waals surface area (Å²) in [5.41, 5.74) is 4.25. The Balaban J connectivity index is 0.000000282. The molecule has 0 spiro atoms. The average molecular weight is 1800 g/mol. The third-order valence-corrected chi connectivity index (χ3v) is 42.1. The summed E-state index contributed by atoms with van der Waals surface area (Å²) < 4.78 is 83.2. The summed E-state index contributed by atoms with van der Waals surface area (Å²) in [6.07, 6.45) is 13.2. The van der Waals surface area contributed by atoms with E-state index in [1.54, 1.807) is 11.8 Å². The molecule has 4 aliphatic rings. The van der Waals surface area contributed by atoms with Crippen molar-refractivity contribution in [2.24, 2.45) is 17.8 Å². The van der Waals surface area contributed by atoms with Crippen LogP contribution in [0.1, 0.15) is 180 Å². The Hall–Kier alpha value is -4.66. The Bertz CT molecular complexity index is 4000. The lowest BCUT2D eigenvalue weighted by Crippen LogP contribution is -2.67. The zero-order chi connectivity index (χ0) is 85.7. The lowest BCUT2D eigenvalue weighted by molar-refractivity contribution is -0.152. The van der Waals surface area contributed by atoms with Crippen molar-refractivity contribution in [3.8, 4) is 23.0 Å². The summed E-state index contributed by atoms with van der Waals surface area (Å²) in [5.74, 6) is 2.32. The molecule has 0 aliphatic carbocycles. The second-order valence-electron chi connectivity index (χ2n) is 39.3. The van der Waals surface area contributed by atoms with Crippen LogP contribution in [0.2, 0.25) is 92.7 Å². The fourth-order valence-corrected chi connectivity index (χ4v) is 23.9. The molecular formula is C93H143IO15SSi5. The lowest BCUT2D eigenvalue weighted by atomic mass is 9.96. The van der Waals surface area contributed by atoms with E-state index in [1.165, 1.54) is 10.4 Å². The maximum Gasteiger partial charge on any atom is 0.339 e. The average Bonchev–Trinajstić information content (AvgIpc) is 1.62. The number of fused-ring (bicyclic) bond motifs is 2. The zero-order valence-corrected chi connectivity index (χ0v) is 83.5. The number of thioether (sulfide) groups is 1. The van der Waals surface area contributed by atoms with Gasteiger partial charge in [-0.05, 0) is 178 Å². The summed E-state index contributed by atoms with van der Waals surface area (Å²) in [6, 6.07) is 37.3. The van der Waals surface area contributed by atoms with Crippen LogP contribution in [0.25, 0.3) is 6.08 Å². The number of hydrogen-bond acceptors (Lipinski definition) is 16. The maximum atomic E-state index is 13.7. The number of rotatable bonds is 32. The van der Waals surface area contributed by atoms with E-state index in [1.807, 2.05) is 84.0 Å². The SMILES string of the molecule is CC(C)[C@H](C)/C=C\C(O[Si](C)(C)C(C)(C)C)[C@H]1OC(C)(C)O[C@H]1CCI.Cc1cc2c(c(/C=C/C[C@@H]3OC(C)(C)O[C@@H]3C(/C=C\[C@@H](C)[C@H](C)O[Si](c3ccccc3)(c3ccccc3)C(C)(C)C)O[Si](C)(C)C(C)(C)C)c1C(=O)OCC[Si](C)(C)C)OCO2.Cc1cc2c(c(CSc3ccccc3)c1C(=O)OCC[Si](C)(C)C)OCO2. The molecule has 2 unspecified atom stereocenters. The Morgan fingerprint density at radius 3 is 1.42 bits per heavy atom. The molecule has 0 N–H and O–H groups in total. The number of esters is 2. The van der Waals surface area contributed by atoms with Gasteiger partial charge in [-0.15, -0.1) is 11.8 Å². The molecule has 22 heteroatoms. The van der Waals surface area contributed by atoms with Crippen molar-refractivity contribution < 1.29 is 70.2 Å². The van der Waals surface area contributed by atoms with Gasteiger partial charge in [0, 0.05) is 48.5 Å². The van der Waals surface area contributed by atoms with Crippen LogP contribution < -0.4 is 29.3 Å². The predicted molar refractivity (Wildman–Crippen MR) is 496 cm³/mol. The van der Waals surface area contributed by atoms with Crippen molar-refractivity contribution in [2.45, 2.75) is 309 Å². The van der Waals surface area contributed by atoms with Gasteiger partial charge in [0.05, 0.1) is 48.8 Å². The molecule has 4 heterocycles. The van der Waals surface area contributed by atoms with Crippen molar-refractivity contribution in [1.82, 2.24) is 0 Å². The predicted octanol–water partition coefficient (Wildman–Crippen LogP) is 23.8. The summed E-state index contributed by atoms with van der Waals surface area (Å²) in [6.45, 7) is 67.6. The third-order valence-electron chi connectivity index (χ3n) is 23.0. The van der Waals surface area contributed by atoms with E-state index < -0.39 is 64.9 Å². The molecule has 2 fully saturated rings. The molecule has 0 saturated carbocycles. The standard InChI is InChI=1S/C51H76O8Si3.C21H41IO3Si.C21H26O4SSi/c1-36(38(3)58-62(50(7,8)9,39-24-19-17-20-25-39)40-26-21-18-22-27-40)30-31-43(59-61(15,16)49(4,5)6)47-42(56-51(10,11)57-47)29-23-28-41-45(48(52)53-32-33-60(12,13)14)37(2)34-44-46(41)55-35-54-44;1-15(2)16(3)11-12-18(25-26(9,10)20(4,5)6)19-17(13-14-22)23-21(7,8)24-19;1-15-12-18-20(25-14-24-18)17(13-26-16-8-6-5-7-9-16)19(15)21(22)23-10-11-27(2,3)4/h17-28,30-31,34,36,38,42-43,47H,29,32-33,35H2,1-16H3;11-12,15-19H,13-14H2,1-10H3;5-9,12H,10-11,13-14H2,1-4H3/b28-23+,31-30-;12-11-;/t36-,38+,42+,43?,47+;16-,17+,18?,19+;/m11./s1. The number of carbonyl (C=O) groups excluding carboxylic acids is 2. The molecule has 0 aromatic heterocycles. The second kappa shape index (κ2) is 40.8. The lowest BCUT2D eigenvalue weighted by Gasteiger charge is -2.45. The highest BCUT2D eigenvalue weighted by atomic mass is 127. The van der Waals surface area contributed by atoms with E-state index in [-0.39, 0.29) is 77.1 Å². The zero-order valence-electron chi connectivity index (χ0n) is 75.5. The minimum atomic E-state index is -2.78. The van der Waals surface area contributed by atoms with Gasteiger partial charge in [0.15, 0.2) is 51.2 Å². The Labute approximate surface area is 716 Å². The van der Waals surface area contributed by atoms with E-state index in [0.717, 1.165) is 44.5 Å². The fourth-order valence-electron chi connectivity index (χ4n) is 13.6. The molecular weight excluding hydrogens is 1660 g/mol. The van der Waals surface area contributed by atoms with Crippen molar-refractivity contribution in [1.29, 1.82) is 0 Å². The van der Waals surface area contributed by atoms with E-state index >= 15 is 0 Å². The third kappa shape index (κ3) is 27.2. The summed E-state index contributed by atoms with van der Waals surface area (Å²) >= 11 is 4.09. The molecule has 0 amide bonds. The van der Waals surface area contributed by atoms with Crippen LogP contribution in [0.3, 0.4) is 0 Å². The van der Waals surface area contributed by atoms with Gasteiger partial charge in [0.1, 0.15) is 12.2 Å². The fraction of sp³-hybridized carbons (Fsp3) is 0.591. The van der Waals surface area contributed by atoms with Crippen molar-refractivity contribution >= 4 is 104 Å². The number of carbonyl (C=O) groups is 2. The van der Waals surface area contributed by atoms with Crippen molar-refractivity contribution in [2.75, 3.05) is 31.2 Å². The first kappa shape index (κ1) is 97.5. The quantitative estimate of drug-likeness (QED) is 0.0100. The smallest absolute Gasteiger partial charge is 0.339 e. The first-order valence-corrected chi connectivity index (χ1v) is 59.3. The first-order chi connectivity index (χ1) is 53.3. The number of hydrogen-bond donors (Lipinski definition) is 0. The number of halogens is 1. The summed E-state index contributed by atoms with van der Waals surface area (Å²) in [7, 11) is -9.67. The largest absolute Gasteiger partial charge is 0.462 e. The molecule has 0 bridgehead atoms. The van der Waals surface area contributed by atoms with Gasteiger partial charge in [-0.2, -0.15) is 0 Å². The molecule has 5 aromatic carbocycles. The highest BCUT2D eigenvalue weighted by molar-refractivity contribution is 14.1. The van der Waals surface area contributed by atoms with Crippen molar-refractivity contribution in [3.05, 3.63) is 167 Å². The van der Waals surface area contributed by atoms with E-state index in [9.17, 15) is 9.59 Å². The molecule has 0 radical (unpaired) electrons. The maximum absolute atomic E-state index is 13.7. The van der Waals surface area contributed by atoms with E-state index in [0.29, 0.717) is 76.9 Å². The normalized spacial score (nSPS) is 19.8. The van der Waals surface area contributed by atoms with Crippen LogP contribution in [-0.2, 0) is 47.5 Å². The van der Waals surface area contributed by atoms with Crippen LogP contribution in [0.4, 0.5) is 0 Å².